The highest BCUT2D eigenvalue weighted by atomic mass is 15.1. The van der Waals surface area contributed by atoms with Crippen LogP contribution in [0.5, 0.6) is 0 Å². The topological polar surface area (TPSA) is 24.4 Å². The monoisotopic (exact) mass is 160 g/mol. The zero-order valence-corrected chi connectivity index (χ0v) is 7.12. The highest BCUT2D eigenvalue weighted by Gasteiger charge is 2.12. The van der Waals surface area contributed by atoms with Crippen LogP contribution in [0.2, 0.25) is 0 Å². The first kappa shape index (κ1) is 7.35. The number of hydrogen-bond acceptors (Lipinski definition) is 2. The molecule has 2 nitrogen and oxygen atoms in total. The van der Waals surface area contributed by atoms with Crippen molar-refractivity contribution >= 4 is 5.84 Å². The Labute approximate surface area is 72.3 Å². The fourth-order valence-corrected chi connectivity index (χ4v) is 1.32. The Morgan fingerprint density at radius 2 is 2.08 bits per heavy atom. The van der Waals surface area contributed by atoms with E-state index in [4.69, 9.17) is 0 Å². The Hall–Kier alpha value is -1.31. The summed E-state index contributed by atoms with van der Waals surface area (Å²) in [5, 5.41) is 3.32. The summed E-state index contributed by atoms with van der Waals surface area (Å²) in [6.07, 6.45) is 0. The van der Waals surface area contributed by atoms with Crippen molar-refractivity contribution in [1.29, 1.82) is 0 Å². The van der Waals surface area contributed by atoms with E-state index in [1.807, 2.05) is 18.2 Å². The maximum absolute atomic E-state index is 4.39. The molecule has 0 spiro atoms. The van der Waals surface area contributed by atoms with Gasteiger partial charge in [-0.15, -0.1) is 0 Å². The molecule has 0 unspecified atom stereocenters. The number of rotatable bonds is 1. The first-order valence-electron chi connectivity index (χ1n) is 4.22. The molecule has 0 radical (unpaired) electrons. The van der Waals surface area contributed by atoms with E-state index in [-0.39, 0.29) is 0 Å². The molecule has 0 bridgehead atoms. The SMILES string of the molecule is C[C@@H]1CN=C(c2ccccc2)N1. The molecule has 2 rings (SSSR count). The van der Waals surface area contributed by atoms with E-state index in [9.17, 15) is 0 Å². The van der Waals surface area contributed by atoms with Gasteiger partial charge < -0.3 is 5.32 Å². The lowest BCUT2D eigenvalue weighted by molar-refractivity contribution is 0.726. The van der Waals surface area contributed by atoms with Crippen LogP contribution in [-0.2, 0) is 0 Å². The summed E-state index contributed by atoms with van der Waals surface area (Å²) in [5.41, 5.74) is 1.18. The predicted octanol–water partition coefficient (Wildman–Crippen LogP) is 1.42. The van der Waals surface area contributed by atoms with Crippen molar-refractivity contribution < 1.29 is 0 Å². The number of nitrogens with zero attached hydrogens (tertiary/aromatic N) is 1. The van der Waals surface area contributed by atoms with Gasteiger partial charge in [-0.3, -0.25) is 4.99 Å². The van der Waals surface area contributed by atoms with Crippen LogP contribution in [0, 0.1) is 0 Å². The molecule has 1 aliphatic heterocycles. The lowest BCUT2D eigenvalue weighted by Gasteiger charge is -2.04. The fourth-order valence-electron chi connectivity index (χ4n) is 1.32. The minimum absolute atomic E-state index is 0.486. The summed E-state index contributed by atoms with van der Waals surface area (Å²) in [6.45, 7) is 3.03. The third kappa shape index (κ3) is 1.33. The van der Waals surface area contributed by atoms with Crippen molar-refractivity contribution in [2.75, 3.05) is 6.54 Å². The molecule has 62 valence electrons. The normalized spacial score (nSPS) is 21.8. The molecule has 1 aliphatic rings. The molecule has 0 amide bonds. The standard InChI is InChI=1S/C10H12N2/c1-8-7-11-10(12-8)9-5-3-2-4-6-9/h2-6,8H,7H2,1H3,(H,11,12)/t8-/m1/s1. The second-order valence-corrected chi connectivity index (χ2v) is 3.10. The molecule has 0 aromatic heterocycles. The molecule has 1 aromatic rings. The average Bonchev–Trinajstić information content (AvgIpc) is 2.54. The number of hydrogen-bond donors (Lipinski definition) is 1. The molecule has 0 aliphatic carbocycles. The van der Waals surface area contributed by atoms with Crippen molar-refractivity contribution in [3.8, 4) is 0 Å². The maximum Gasteiger partial charge on any atom is 0.128 e. The van der Waals surface area contributed by atoms with Gasteiger partial charge in [-0.05, 0) is 6.92 Å². The van der Waals surface area contributed by atoms with Crippen LogP contribution in [-0.4, -0.2) is 18.4 Å². The van der Waals surface area contributed by atoms with Gasteiger partial charge in [-0.25, -0.2) is 0 Å². The largest absolute Gasteiger partial charge is 0.366 e. The maximum atomic E-state index is 4.39. The quantitative estimate of drug-likeness (QED) is 0.660. The first-order chi connectivity index (χ1) is 5.86. The van der Waals surface area contributed by atoms with Crippen LogP contribution in [0.3, 0.4) is 0 Å². The van der Waals surface area contributed by atoms with Gasteiger partial charge in [0.2, 0.25) is 0 Å². The minimum atomic E-state index is 0.486. The third-order valence-corrected chi connectivity index (χ3v) is 1.95. The zero-order valence-electron chi connectivity index (χ0n) is 7.12. The van der Waals surface area contributed by atoms with Crippen molar-refractivity contribution in [1.82, 2.24) is 5.32 Å². The van der Waals surface area contributed by atoms with E-state index in [1.165, 1.54) is 5.56 Å². The van der Waals surface area contributed by atoms with Gasteiger partial charge >= 0.3 is 0 Å². The molecule has 0 saturated heterocycles. The molecule has 12 heavy (non-hydrogen) atoms. The van der Waals surface area contributed by atoms with Crippen molar-refractivity contribution in [3.05, 3.63) is 35.9 Å². The summed E-state index contributed by atoms with van der Waals surface area (Å²) in [5.74, 6) is 1.03. The van der Waals surface area contributed by atoms with Gasteiger partial charge in [0.1, 0.15) is 5.84 Å². The average molecular weight is 160 g/mol. The second-order valence-electron chi connectivity index (χ2n) is 3.10. The lowest BCUT2D eigenvalue weighted by Crippen LogP contribution is -2.27. The molecule has 0 fully saturated rings. The van der Waals surface area contributed by atoms with Gasteiger partial charge in [0.25, 0.3) is 0 Å². The van der Waals surface area contributed by atoms with Crippen LogP contribution in [0.4, 0.5) is 0 Å². The number of benzene rings is 1. The molecule has 0 saturated carbocycles. The smallest absolute Gasteiger partial charge is 0.128 e. The van der Waals surface area contributed by atoms with Crippen LogP contribution in [0.15, 0.2) is 35.3 Å². The van der Waals surface area contributed by atoms with Gasteiger partial charge in [0.05, 0.1) is 6.54 Å². The predicted molar refractivity (Wildman–Crippen MR) is 50.4 cm³/mol. The Morgan fingerprint density at radius 1 is 1.33 bits per heavy atom. The van der Waals surface area contributed by atoms with Crippen molar-refractivity contribution in [3.63, 3.8) is 0 Å². The van der Waals surface area contributed by atoms with E-state index in [0.29, 0.717) is 6.04 Å². The summed E-state index contributed by atoms with van der Waals surface area (Å²) in [6, 6.07) is 10.7. The van der Waals surface area contributed by atoms with Crippen molar-refractivity contribution in [2.45, 2.75) is 13.0 Å². The highest BCUT2D eigenvalue weighted by Crippen LogP contribution is 2.04. The van der Waals surface area contributed by atoms with Gasteiger partial charge in [0, 0.05) is 11.6 Å². The van der Waals surface area contributed by atoms with Crippen LogP contribution >= 0.6 is 0 Å². The number of nitrogens with one attached hydrogen (secondary N) is 1. The summed E-state index contributed by atoms with van der Waals surface area (Å²) < 4.78 is 0. The summed E-state index contributed by atoms with van der Waals surface area (Å²) in [4.78, 5) is 4.39. The van der Waals surface area contributed by atoms with E-state index in [1.54, 1.807) is 0 Å². The van der Waals surface area contributed by atoms with Crippen LogP contribution < -0.4 is 5.32 Å². The summed E-state index contributed by atoms with van der Waals surface area (Å²) in [7, 11) is 0. The lowest BCUT2D eigenvalue weighted by atomic mass is 10.2. The first-order valence-corrected chi connectivity index (χ1v) is 4.22. The molecule has 1 aromatic carbocycles. The molecular weight excluding hydrogens is 148 g/mol. The van der Waals surface area contributed by atoms with E-state index >= 15 is 0 Å². The van der Waals surface area contributed by atoms with E-state index in [2.05, 4.69) is 29.4 Å². The summed E-state index contributed by atoms with van der Waals surface area (Å²) >= 11 is 0. The van der Waals surface area contributed by atoms with E-state index in [0.717, 1.165) is 12.4 Å². The molecular formula is C10H12N2. The van der Waals surface area contributed by atoms with Gasteiger partial charge in [-0.1, -0.05) is 30.3 Å². The number of amidine groups is 1. The Morgan fingerprint density at radius 3 is 2.67 bits per heavy atom. The Balaban J connectivity index is 2.22. The van der Waals surface area contributed by atoms with Crippen LogP contribution in [0.25, 0.3) is 0 Å². The molecule has 1 heterocycles. The third-order valence-electron chi connectivity index (χ3n) is 1.95. The molecule has 1 atom stereocenters. The van der Waals surface area contributed by atoms with Crippen LogP contribution in [0.1, 0.15) is 12.5 Å². The number of aliphatic imine (C=N–C) groups is 1. The van der Waals surface area contributed by atoms with Gasteiger partial charge in [-0.2, -0.15) is 0 Å². The molecule has 1 N–H and O–H groups in total. The Bertz CT molecular complexity index is 290. The van der Waals surface area contributed by atoms with E-state index < -0.39 is 0 Å². The Kier molecular flexibility index (Phi) is 1.82. The fraction of sp³-hybridized carbons (Fsp3) is 0.300. The van der Waals surface area contributed by atoms with Gasteiger partial charge in [0.15, 0.2) is 0 Å². The molecule has 2 heteroatoms. The second kappa shape index (κ2) is 2.97. The highest BCUT2D eigenvalue weighted by molar-refractivity contribution is 5.99. The van der Waals surface area contributed by atoms with Crippen molar-refractivity contribution in [2.24, 2.45) is 4.99 Å². The zero-order chi connectivity index (χ0) is 8.39. The minimum Gasteiger partial charge on any atom is -0.366 e.